The minimum atomic E-state index is -4.89. The first-order chi connectivity index (χ1) is 17.2. The molecule has 3 rings (SSSR count). The number of alkyl halides is 3. The topological polar surface area (TPSA) is 86.2 Å². The molecular weight excluding hydrogens is 509 g/mol. The lowest BCUT2D eigenvalue weighted by atomic mass is 9.86. The number of ether oxygens (including phenoxy) is 2. The summed E-state index contributed by atoms with van der Waals surface area (Å²) in [5, 5.41) is 2.57. The number of benzene rings is 2. The molecule has 198 valence electrons. The molecule has 3 aromatic rings. The van der Waals surface area contributed by atoms with Gasteiger partial charge in [0.15, 0.2) is 11.6 Å². The number of rotatable bonds is 7. The molecule has 0 saturated heterocycles. The number of hydrogen-bond donors (Lipinski definition) is 1. The van der Waals surface area contributed by atoms with Crippen LogP contribution in [0.25, 0.3) is 22.8 Å². The first kappa shape index (κ1) is 28.3. The van der Waals surface area contributed by atoms with Gasteiger partial charge in [-0.05, 0) is 41.7 Å². The normalized spacial score (nSPS) is 13.7. The van der Waals surface area contributed by atoms with E-state index in [1.807, 2.05) is 24.3 Å². The van der Waals surface area contributed by atoms with Crippen molar-refractivity contribution in [2.45, 2.75) is 51.4 Å². The Bertz CT molecular complexity index is 1290. The van der Waals surface area contributed by atoms with Crippen molar-refractivity contribution in [2.24, 2.45) is 0 Å². The SMILES string of the molecule is COc1nc(-c2cccc(C(C)(C)C)c2)nc(-c2cc(CNC(=O)C(C)(OC)C(F)(F)F)ccc2Cl)n1. The molecule has 1 aromatic heterocycles. The lowest BCUT2D eigenvalue weighted by molar-refractivity contribution is -0.253. The van der Waals surface area contributed by atoms with Crippen LogP contribution < -0.4 is 10.1 Å². The lowest BCUT2D eigenvalue weighted by Crippen LogP contribution is -2.55. The third-order valence-electron chi connectivity index (χ3n) is 5.89. The molecule has 2 aromatic carbocycles. The van der Waals surface area contributed by atoms with Gasteiger partial charge in [0.1, 0.15) is 0 Å². The molecular formula is C26H28ClF3N4O3. The first-order valence-corrected chi connectivity index (χ1v) is 11.7. The van der Waals surface area contributed by atoms with Gasteiger partial charge in [-0.15, -0.1) is 0 Å². The number of nitrogens with one attached hydrogen (secondary N) is 1. The molecule has 1 unspecified atom stereocenters. The van der Waals surface area contributed by atoms with E-state index in [1.165, 1.54) is 7.11 Å². The largest absolute Gasteiger partial charge is 0.467 e. The molecule has 0 aliphatic rings. The highest BCUT2D eigenvalue weighted by Crippen LogP contribution is 2.34. The van der Waals surface area contributed by atoms with Gasteiger partial charge in [0.05, 0.1) is 12.1 Å². The van der Waals surface area contributed by atoms with Gasteiger partial charge in [-0.25, -0.2) is 4.98 Å². The Morgan fingerprint density at radius 3 is 2.24 bits per heavy atom. The molecule has 37 heavy (non-hydrogen) atoms. The second kappa shape index (κ2) is 10.6. The summed E-state index contributed by atoms with van der Waals surface area (Å²) in [4.78, 5) is 25.6. The van der Waals surface area contributed by atoms with Crippen molar-refractivity contribution in [3.8, 4) is 28.8 Å². The van der Waals surface area contributed by atoms with Crippen molar-refractivity contribution in [1.82, 2.24) is 20.3 Å². The van der Waals surface area contributed by atoms with Gasteiger partial charge < -0.3 is 14.8 Å². The van der Waals surface area contributed by atoms with Gasteiger partial charge in [0.2, 0.25) is 5.60 Å². The molecule has 1 amide bonds. The van der Waals surface area contributed by atoms with Crippen LogP contribution in [0.5, 0.6) is 6.01 Å². The van der Waals surface area contributed by atoms with Gasteiger partial charge in [-0.3, -0.25) is 4.79 Å². The second-order valence-electron chi connectivity index (χ2n) is 9.53. The first-order valence-electron chi connectivity index (χ1n) is 11.3. The van der Waals surface area contributed by atoms with Gasteiger partial charge in [0.25, 0.3) is 5.91 Å². The molecule has 1 heterocycles. The zero-order valence-electron chi connectivity index (χ0n) is 21.3. The molecule has 0 radical (unpaired) electrons. The Morgan fingerprint density at radius 2 is 1.65 bits per heavy atom. The van der Waals surface area contributed by atoms with E-state index < -0.39 is 17.7 Å². The summed E-state index contributed by atoms with van der Waals surface area (Å²) < 4.78 is 49.7. The summed E-state index contributed by atoms with van der Waals surface area (Å²) in [6, 6.07) is 12.6. The summed E-state index contributed by atoms with van der Waals surface area (Å²) >= 11 is 6.43. The van der Waals surface area contributed by atoms with Crippen LogP contribution in [0.3, 0.4) is 0 Å². The average Bonchev–Trinajstić information content (AvgIpc) is 2.86. The lowest BCUT2D eigenvalue weighted by Gasteiger charge is -2.29. The maximum absolute atomic E-state index is 13.3. The van der Waals surface area contributed by atoms with Crippen LogP contribution in [0.15, 0.2) is 42.5 Å². The van der Waals surface area contributed by atoms with Crippen molar-refractivity contribution in [3.05, 3.63) is 58.6 Å². The predicted octanol–water partition coefficient (Wildman–Crippen LogP) is 5.75. The third-order valence-corrected chi connectivity index (χ3v) is 6.22. The van der Waals surface area contributed by atoms with E-state index in [9.17, 15) is 18.0 Å². The maximum atomic E-state index is 13.3. The number of methoxy groups -OCH3 is 2. The van der Waals surface area contributed by atoms with E-state index in [2.05, 4.69) is 45.8 Å². The number of aromatic nitrogens is 3. The Labute approximate surface area is 218 Å². The number of carbonyl (C=O) groups excluding carboxylic acids is 1. The quantitative estimate of drug-likeness (QED) is 0.414. The molecule has 0 fully saturated rings. The molecule has 0 saturated carbocycles. The monoisotopic (exact) mass is 536 g/mol. The summed E-state index contributed by atoms with van der Waals surface area (Å²) in [7, 11) is 2.26. The minimum Gasteiger partial charge on any atom is -0.467 e. The zero-order valence-corrected chi connectivity index (χ0v) is 22.1. The highest BCUT2D eigenvalue weighted by molar-refractivity contribution is 6.33. The van der Waals surface area contributed by atoms with Crippen LogP contribution in [-0.2, 0) is 21.5 Å². The Balaban J connectivity index is 1.97. The molecule has 7 nitrogen and oxygen atoms in total. The Morgan fingerprint density at radius 1 is 0.973 bits per heavy atom. The molecule has 0 aliphatic heterocycles. The number of amides is 1. The highest BCUT2D eigenvalue weighted by atomic mass is 35.5. The molecule has 1 N–H and O–H groups in total. The fraction of sp³-hybridized carbons (Fsp3) is 0.385. The van der Waals surface area contributed by atoms with E-state index >= 15 is 0 Å². The van der Waals surface area contributed by atoms with Gasteiger partial charge in [-0.2, -0.15) is 23.1 Å². The number of nitrogens with zero attached hydrogens (tertiary/aromatic N) is 3. The van der Waals surface area contributed by atoms with E-state index in [4.69, 9.17) is 16.3 Å². The number of halogens is 4. The van der Waals surface area contributed by atoms with Crippen LogP contribution in [0.1, 0.15) is 38.8 Å². The summed E-state index contributed by atoms with van der Waals surface area (Å²) in [5.41, 5.74) is -0.371. The van der Waals surface area contributed by atoms with Crippen LogP contribution in [0, 0.1) is 0 Å². The fourth-order valence-electron chi connectivity index (χ4n) is 3.36. The molecule has 11 heteroatoms. The maximum Gasteiger partial charge on any atom is 0.426 e. The summed E-state index contributed by atoms with van der Waals surface area (Å²) in [6.45, 7) is 6.75. The standard InChI is InChI=1S/C26H28ClF3N4O3/c1-24(2,3)17-9-7-8-16(13-17)20-32-21(34-23(33-20)36-5)18-12-15(10-11-19(18)27)14-31-22(35)25(4,37-6)26(28,29)30/h7-13H,14H2,1-6H3,(H,31,35). The predicted molar refractivity (Wildman–Crippen MR) is 134 cm³/mol. The van der Waals surface area contributed by atoms with Crippen molar-refractivity contribution >= 4 is 17.5 Å². The zero-order chi connectivity index (χ0) is 27.6. The Hall–Kier alpha value is -3.24. The van der Waals surface area contributed by atoms with Crippen molar-refractivity contribution in [2.75, 3.05) is 14.2 Å². The van der Waals surface area contributed by atoms with Gasteiger partial charge >= 0.3 is 12.2 Å². The smallest absolute Gasteiger partial charge is 0.426 e. The van der Waals surface area contributed by atoms with Crippen molar-refractivity contribution in [1.29, 1.82) is 0 Å². The molecule has 0 bridgehead atoms. The van der Waals surface area contributed by atoms with Crippen LogP contribution in [-0.4, -0.2) is 46.9 Å². The van der Waals surface area contributed by atoms with Gasteiger partial charge in [-0.1, -0.05) is 56.6 Å². The summed E-state index contributed by atoms with van der Waals surface area (Å²) in [5.74, 6) is -0.746. The van der Waals surface area contributed by atoms with Crippen molar-refractivity contribution in [3.63, 3.8) is 0 Å². The number of hydrogen-bond acceptors (Lipinski definition) is 6. The van der Waals surface area contributed by atoms with Crippen LogP contribution >= 0.6 is 11.6 Å². The van der Waals surface area contributed by atoms with E-state index in [0.29, 0.717) is 28.9 Å². The van der Waals surface area contributed by atoms with Gasteiger partial charge in [0, 0.05) is 24.8 Å². The van der Waals surface area contributed by atoms with Crippen molar-refractivity contribution < 1.29 is 27.4 Å². The van der Waals surface area contributed by atoms with E-state index in [0.717, 1.165) is 18.2 Å². The van der Waals surface area contributed by atoms with E-state index in [1.54, 1.807) is 18.2 Å². The second-order valence-corrected chi connectivity index (χ2v) is 9.94. The van der Waals surface area contributed by atoms with E-state index in [-0.39, 0.29) is 23.8 Å². The van der Waals surface area contributed by atoms with Crippen LogP contribution in [0.2, 0.25) is 5.02 Å². The molecule has 0 aliphatic carbocycles. The highest BCUT2D eigenvalue weighted by Gasteiger charge is 2.57. The third kappa shape index (κ3) is 6.19. The average molecular weight is 537 g/mol. The molecule has 0 spiro atoms. The molecule has 1 atom stereocenters. The van der Waals surface area contributed by atoms with Crippen LogP contribution in [0.4, 0.5) is 13.2 Å². The minimum absolute atomic E-state index is 0.0666. The fourth-order valence-corrected chi connectivity index (χ4v) is 3.57. The summed E-state index contributed by atoms with van der Waals surface area (Å²) in [6.07, 6.45) is -4.89. The number of carbonyl (C=O) groups is 1. The Kier molecular flexibility index (Phi) is 8.14.